The Labute approximate surface area is 356 Å². The zero-order chi connectivity index (χ0) is 40.1. The molecule has 5 heteroatoms. The standard InChI is InChI=1S/C56H34N4S/c1-3-17-35(18-4-1)53-57-54(36-19-5-2-6-20-36)59-55(58-53)43-32-34-49(40-24-8-7-21-37(40)43)60-48-29-15-11-25-41(48)42-31-33-47-52(51(42)60)61-50-30-16-14-28-46(50)56(47)44-26-12-9-22-38(44)39-23-10-13-27-45(39)56/h1-34H. The Morgan fingerprint density at radius 1 is 0.361 bits per heavy atom. The molecule has 2 aromatic heterocycles. The summed E-state index contributed by atoms with van der Waals surface area (Å²) >= 11 is 1.90. The highest BCUT2D eigenvalue weighted by molar-refractivity contribution is 7.99. The van der Waals surface area contributed by atoms with Gasteiger partial charge in [-0.1, -0.05) is 194 Å². The summed E-state index contributed by atoms with van der Waals surface area (Å²) in [5, 5.41) is 4.66. The first-order valence-corrected chi connectivity index (χ1v) is 21.5. The van der Waals surface area contributed by atoms with Crippen molar-refractivity contribution in [1.29, 1.82) is 0 Å². The van der Waals surface area contributed by atoms with Gasteiger partial charge in [0.05, 0.1) is 22.1 Å². The molecule has 1 aliphatic heterocycles. The van der Waals surface area contributed by atoms with Crippen LogP contribution in [0.4, 0.5) is 0 Å². The topological polar surface area (TPSA) is 43.6 Å². The lowest BCUT2D eigenvalue weighted by Gasteiger charge is -2.40. The van der Waals surface area contributed by atoms with E-state index in [1.165, 1.54) is 65.0 Å². The van der Waals surface area contributed by atoms with Crippen molar-refractivity contribution in [3.63, 3.8) is 0 Å². The van der Waals surface area contributed by atoms with Crippen LogP contribution in [-0.4, -0.2) is 19.5 Å². The van der Waals surface area contributed by atoms with E-state index in [0.29, 0.717) is 17.5 Å². The van der Waals surface area contributed by atoms with Crippen LogP contribution < -0.4 is 0 Å². The molecule has 13 rings (SSSR count). The molecule has 0 unspecified atom stereocenters. The van der Waals surface area contributed by atoms with Gasteiger partial charge in [-0.05, 0) is 63.0 Å². The summed E-state index contributed by atoms with van der Waals surface area (Å²) in [6.07, 6.45) is 0. The fourth-order valence-corrected chi connectivity index (χ4v) is 11.5. The molecule has 11 aromatic rings. The number of hydrogen-bond acceptors (Lipinski definition) is 4. The zero-order valence-electron chi connectivity index (χ0n) is 32.8. The quantitative estimate of drug-likeness (QED) is 0.178. The van der Waals surface area contributed by atoms with Gasteiger partial charge in [-0.3, -0.25) is 0 Å². The first-order chi connectivity index (χ1) is 30.3. The van der Waals surface area contributed by atoms with Gasteiger partial charge in [-0.2, -0.15) is 0 Å². The maximum atomic E-state index is 5.17. The summed E-state index contributed by atoms with van der Waals surface area (Å²) < 4.78 is 2.52. The van der Waals surface area contributed by atoms with Crippen LogP contribution in [0.3, 0.4) is 0 Å². The van der Waals surface area contributed by atoms with E-state index in [4.69, 9.17) is 15.0 Å². The Balaban J connectivity index is 1.10. The monoisotopic (exact) mass is 794 g/mol. The minimum Gasteiger partial charge on any atom is -0.307 e. The molecule has 284 valence electrons. The van der Waals surface area contributed by atoms with E-state index in [1.54, 1.807) is 0 Å². The van der Waals surface area contributed by atoms with Crippen LogP contribution in [0.5, 0.6) is 0 Å². The van der Waals surface area contributed by atoms with Gasteiger partial charge < -0.3 is 4.57 Å². The molecule has 61 heavy (non-hydrogen) atoms. The first kappa shape index (κ1) is 34.3. The molecule has 1 spiro atoms. The van der Waals surface area contributed by atoms with Crippen molar-refractivity contribution in [3.05, 3.63) is 229 Å². The van der Waals surface area contributed by atoms with Crippen LogP contribution in [-0.2, 0) is 5.41 Å². The van der Waals surface area contributed by atoms with Gasteiger partial charge in [-0.25, -0.2) is 15.0 Å². The molecule has 4 nitrogen and oxygen atoms in total. The molecule has 0 N–H and O–H groups in total. The second-order valence-corrected chi connectivity index (χ2v) is 16.9. The summed E-state index contributed by atoms with van der Waals surface area (Å²) in [5.41, 5.74) is 13.8. The van der Waals surface area contributed by atoms with Gasteiger partial charge in [0, 0.05) is 42.6 Å². The molecule has 3 heterocycles. The molecule has 0 amide bonds. The molecular weight excluding hydrogens is 761 g/mol. The lowest BCUT2D eigenvalue weighted by molar-refractivity contribution is 0.724. The summed E-state index contributed by atoms with van der Waals surface area (Å²) in [7, 11) is 0. The van der Waals surface area contributed by atoms with Crippen LogP contribution in [0.25, 0.3) is 83.6 Å². The van der Waals surface area contributed by atoms with Gasteiger partial charge in [0.2, 0.25) is 0 Å². The second kappa shape index (κ2) is 13.2. The first-order valence-electron chi connectivity index (χ1n) is 20.7. The predicted molar refractivity (Wildman–Crippen MR) is 249 cm³/mol. The highest BCUT2D eigenvalue weighted by Crippen LogP contribution is 2.63. The third-order valence-electron chi connectivity index (χ3n) is 12.7. The molecule has 0 saturated carbocycles. The summed E-state index contributed by atoms with van der Waals surface area (Å²) in [6.45, 7) is 0. The third kappa shape index (κ3) is 4.87. The van der Waals surface area contributed by atoms with Crippen LogP contribution >= 0.6 is 11.8 Å². The molecule has 9 aromatic carbocycles. The molecule has 0 radical (unpaired) electrons. The van der Waals surface area contributed by atoms with E-state index in [0.717, 1.165) is 33.2 Å². The molecule has 1 aliphatic carbocycles. The smallest absolute Gasteiger partial charge is 0.164 e. The zero-order valence-corrected chi connectivity index (χ0v) is 33.6. The number of nitrogens with zero attached hydrogens (tertiary/aromatic N) is 4. The van der Waals surface area contributed by atoms with Gasteiger partial charge in [0.1, 0.15) is 0 Å². The van der Waals surface area contributed by atoms with Crippen LogP contribution in [0, 0.1) is 0 Å². The average molecular weight is 795 g/mol. The maximum Gasteiger partial charge on any atom is 0.164 e. The average Bonchev–Trinajstić information content (AvgIpc) is 3.83. The number of rotatable bonds is 4. The van der Waals surface area contributed by atoms with E-state index in [2.05, 4.69) is 174 Å². The lowest BCUT2D eigenvalue weighted by Crippen LogP contribution is -2.32. The Morgan fingerprint density at radius 3 is 1.59 bits per heavy atom. The van der Waals surface area contributed by atoms with Crippen molar-refractivity contribution in [2.75, 3.05) is 0 Å². The SMILES string of the molecule is c1ccc(-c2nc(-c3ccccc3)nc(-c3ccc(-n4c5ccccc5c5ccc6c(c54)Sc4ccccc4C64c5ccccc5-c5ccccc54)c4ccccc34)n2)cc1. The largest absolute Gasteiger partial charge is 0.307 e. The van der Waals surface area contributed by atoms with E-state index >= 15 is 0 Å². The second-order valence-electron chi connectivity index (χ2n) is 15.8. The summed E-state index contributed by atoms with van der Waals surface area (Å²) in [6, 6.07) is 74.4. The lowest BCUT2D eigenvalue weighted by atomic mass is 9.67. The van der Waals surface area contributed by atoms with E-state index in [9.17, 15) is 0 Å². The molecule has 2 aliphatic rings. The number of fused-ring (bicyclic) bond motifs is 14. The minimum absolute atomic E-state index is 0.475. The van der Waals surface area contributed by atoms with Crippen molar-refractivity contribution in [1.82, 2.24) is 19.5 Å². The van der Waals surface area contributed by atoms with Crippen LogP contribution in [0.1, 0.15) is 22.3 Å². The Hall–Kier alpha value is -7.60. The van der Waals surface area contributed by atoms with Gasteiger partial charge >= 0.3 is 0 Å². The Morgan fingerprint density at radius 2 is 0.902 bits per heavy atom. The Kier molecular flexibility index (Phi) is 7.42. The molecule has 0 saturated heterocycles. The third-order valence-corrected chi connectivity index (χ3v) is 13.9. The highest BCUT2D eigenvalue weighted by atomic mass is 32.2. The summed E-state index contributed by atoms with van der Waals surface area (Å²) in [5.74, 6) is 1.93. The van der Waals surface area contributed by atoms with Crippen molar-refractivity contribution in [2.24, 2.45) is 0 Å². The minimum atomic E-state index is -0.475. The number of benzene rings is 9. The van der Waals surface area contributed by atoms with Gasteiger partial charge in [0.15, 0.2) is 17.5 Å². The molecule has 0 bridgehead atoms. The van der Waals surface area contributed by atoms with Crippen molar-refractivity contribution in [3.8, 4) is 51.0 Å². The van der Waals surface area contributed by atoms with Crippen LogP contribution in [0.2, 0.25) is 0 Å². The number of para-hydroxylation sites is 1. The van der Waals surface area contributed by atoms with E-state index < -0.39 is 5.41 Å². The number of hydrogen-bond donors (Lipinski definition) is 0. The van der Waals surface area contributed by atoms with E-state index in [-0.39, 0.29) is 0 Å². The highest BCUT2D eigenvalue weighted by Gasteiger charge is 2.50. The molecule has 0 atom stereocenters. The van der Waals surface area contributed by atoms with Crippen molar-refractivity contribution < 1.29 is 0 Å². The van der Waals surface area contributed by atoms with Gasteiger partial charge in [0.25, 0.3) is 0 Å². The Bertz CT molecular complexity index is 3470. The fraction of sp³-hybridized carbons (Fsp3) is 0.0179. The molecular formula is C56H34N4S. The normalized spacial score (nSPS) is 13.3. The maximum absolute atomic E-state index is 5.17. The fourth-order valence-electron chi connectivity index (χ4n) is 10.2. The summed E-state index contributed by atoms with van der Waals surface area (Å²) in [4.78, 5) is 17.9. The molecule has 0 fully saturated rings. The van der Waals surface area contributed by atoms with E-state index in [1.807, 2.05) is 48.2 Å². The predicted octanol–water partition coefficient (Wildman–Crippen LogP) is 14.0. The van der Waals surface area contributed by atoms with Crippen molar-refractivity contribution >= 4 is 44.3 Å². The number of aromatic nitrogens is 4. The van der Waals surface area contributed by atoms with Crippen LogP contribution in [0.15, 0.2) is 216 Å². The van der Waals surface area contributed by atoms with Gasteiger partial charge in [-0.15, -0.1) is 0 Å². The van der Waals surface area contributed by atoms with Crippen molar-refractivity contribution in [2.45, 2.75) is 15.2 Å².